The van der Waals surface area contributed by atoms with Gasteiger partial charge in [-0.1, -0.05) is 36.4 Å². The van der Waals surface area contributed by atoms with Gasteiger partial charge in [-0.15, -0.1) is 0 Å². The predicted octanol–water partition coefficient (Wildman–Crippen LogP) is 6.50. The van der Waals surface area contributed by atoms with Gasteiger partial charge < -0.3 is 9.84 Å². The number of hydrogen-bond acceptors (Lipinski definition) is 3. The van der Waals surface area contributed by atoms with Crippen molar-refractivity contribution in [2.24, 2.45) is 5.92 Å². The van der Waals surface area contributed by atoms with Crippen molar-refractivity contribution in [1.29, 1.82) is 0 Å². The Hall–Kier alpha value is -3.51. The van der Waals surface area contributed by atoms with Crippen LogP contribution >= 0.6 is 0 Å². The molecule has 0 amide bonds. The fourth-order valence-electron chi connectivity index (χ4n) is 4.35. The minimum Gasteiger partial charge on any atom is -0.494 e. The molecule has 0 aliphatic carbocycles. The van der Waals surface area contributed by atoms with Crippen LogP contribution in [0.25, 0.3) is 11.6 Å². The molecule has 4 nitrogen and oxygen atoms in total. The molecule has 0 bridgehead atoms. The quantitative estimate of drug-likeness (QED) is 0.260. The number of benzene rings is 3. The number of carbonyl (C=O) groups is 1. The molecule has 0 saturated carbocycles. The Bertz CT molecular complexity index is 1230. The summed E-state index contributed by atoms with van der Waals surface area (Å²) in [7, 11) is 0. The van der Waals surface area contributed by atoms with Gasteiger partial charge in [0.2, 0.25) is 0 Å². The van der Waals surface area contributed by atoms with Crippen molar-refractivity contribution in [3.8, 4) is 5.75 Å². The molecule has 1 aliphatic heterocycles. The van der Waals surface area contributed by atoms with E-state index in [0.29, 0.717) is 38.1 Å². The summed E-state index contributed by atoms with van der Waals surface area (Å²) in [5.41, 5.74) is 5.84. The van der Waals surface area contributed by atoms with Crippen LogP contribution in [0.3, 0.4) is 0 Å². The van der Waals surface area contributed by atoms with E-state index >= 15 is 0 Å². The summed E-state index contributed by atoms with van der Waals surface area (Å²) in [5.74, 6) is -1.43. The van der Waals surface area contributed by atoms with Crippen molar-refractivity contribution in [2.75, 3.05) is 19.7 Å². The Morgan fingerprint density at radius 2 is 1.69 bits per heavy atom. The van der Waals surface area contributed by atoms with Gasteiger partial charge in [0.25, 0.3) is 0 Å². The highest BCUT2D eigenvalue weighted by Crippen LogP contribution is 2.26. The monoisotopic (exact) mass is 491 g/mol. The third-order valence-corrected chi connectivity index (χ3v) is 6.60. The zero-order valence-corrected chi connectivity index (χ0v) is 20.6. The van der Waals surface area contributed by atoms with E-state index in [-0.39, 0.29) is 5.92 Å². The van der Waals surface area contributed by atoms with Crippen molar-refractivity contribution in [2.45, 2.75) is 33.2 Å². The number of halogens is 2. The third kappa shape index (κ3) is 6.79. The normalized spacial score (nSPS) is 14.5. The highest BCUT2D eigenvalue weighted by Gasteiger charge is 2.32. The van der Waals surface area contributed by atoms with E-state index < -0.39 is 17.6 Å². The molecule has 1 N–H and O–H groups in total. The number of carboxylic acid groups (broad SMARTS) is 1. The number of allylic oxidation sites excluding steroid dienone is 1. The highest BCUT2D eigenvalue weighted by molar-refractivity contribution is 5.81. The van der Waals surface area contributed by atoms with Crippen molar-refractivity contribution in [1.82, 2.24) is 4.90 Å². The van der Waals surface area contributed by atoms with Gasteiger partial charge in [0.15, 0.2) is 0 Å². The lowest BCUT2D eigenvalue weighted by Crippen LogP contribution is -2.49. The maximum absolute atomic E-state index is 13.9. The lowest BCUT2D eigenvalue weighted by Gasteiger charge is -2.36. The van der Waals surface area contributed by atoms with Gasteiger partial charge in [-0.3, -0.25) is 9.69 Å². The summed E-state index contributed by atoms with van der Waals surface area (Å²) < 4.78 is 33.8. The molecular formula is C30H31F2NO3. The SMILES string of the molecule is Cc1ccc(/C=C(/CCCOc2ccc(CN3CC(C(=O)O)C3)cc2)c2cc(F)cc(F)c2)cc1C. The second kappa shape index (κ2) is 11.5. The second-order valence-electron chi connectivity index (χ2n) is 9.50. The average Bonchev–Trinajstić information content (AvgIpc) is 2.80. The lowest BCUT2D eigenvalue weighted by molar-refractivity contribution is -0.147. The van der Waals surface area contributed by atoms with Gasteiger partial charge in [0, 0.05) is 25.7 Å². The van der Waals surface area contributed by atoms with Crippen LogP contribution in [0.4, 0.5) is 8.78 Å². The molecular weight excluding hydrogens is 460 g/mol. The highest BCUT2D eigenvalue weighted by atomic mass is 19.1. The van der Waals surface area contributed by atoms with Crippen LogP contribution in [0.2, 0.25) is 0 Å². The van der Waals surface area contributed by atoms with Crippen LogP contribution in [0.1, 0.15) is 40.7 Å². The number of nitrogens with zero attached hydrogens (tertiary/aromatic N) is 1. The van der Waals surface area contributed by atoms with Crippen molar-refractivity contribution in [3.05, 3.63) is 100 Å². The number of aryl methyl sites for hydroxylation is 2. The number of ether oxygens (including phenoxy) is 1. The predicted molar refractivity (Wildman–Crippen MR) is 138 cm³/mol. The molecule has 3 aromatic rings. The summed E-state index contributed by atoms with van der Waals surface area (Å²) in [6.45, 7) is 6.45. The molecule has 4 rings (SSSR count). The summed E-state index contributed by atoms with van der Waals surface area (Å²) in [4.78, 5) is 13.0. The number of carboxylic acids is 1. The number of rotatable bonds is 10. The first-order chi connectivity index (χ1) is 17.3. The molecule has 1 aliphatic rings. The maximum atomic E-state index is 13.9. The Morgan fingerprint density at radius 3 is 2.33 bits per heavy atom. The minimum atomic E-state index is -0.732. The van der Waals surface area contributed by atoms with E-state index in [0.717, 1.165) is 40.6 Å². The maximum Gasteiger partial charge on any atom is 0.309 e. The molecule has 0 unspecified atom stereocenters. The lowest BCUT2D eigenvalue weighted by atomic mass is 9.97. The van der Waals surface area contributed by atoms with E-state index in [4.69, 9.17) is 9.84 Å². The van der Waals surface area contributed by atoms with Gasteiger partial charge in [0.05, 0.1) is 12.5 Å². The van der Waals surface area contributed by atoms with Gasteiger partial charge in [-0.2, -0.15) is 0 Å². The fourth-order valence-corrected chi connectivity index (χ4v) is 4.35. The zero-order chi connectivity index (χ0) is 25.7. The van der Waals surface area contributed by atoms with E-state index in [1.54, 1.807) is 0 Å². The third-order valence-electron chi connectivity index (χ3n) is 6.60. The number of likely N-dealkylation sites (tertiary alicyclic amines) is 1. The van der Waals surface area contributed by atoms with Gasteiger partial charge >= 0.3 is 5.97 Å². The molecule has 188 valence electrons. The molecule has 0 atom stereocenters. The molecule has 1 heterocycles. The topological polar surface area (TPSA) is 49.8 Å². The van der Waals surface area contributed by atoms with E-state index in [9.17, 15) is 13.6 Å². The summed E-state index contributed by atoms with van der Waals surface area (Å²) >= 11 is 0. The van der Waals surface area contributed by atoms with Crippen LogP contribution in [0.5, 0.6) is 5.75 Å². The number of hydrogen-bond donors (Lipinski definition) is 1. The van der Waals surface area contributed by atoms with Crippen LogP contribution in [-0.2, 0) is 11.3 Å². The van der Waals surface area contributed by atoms with Crippen LogP contribution < -0.4 is 4.74 Å². The summed E-state index contributed by atoms with van der Waals surface area (Å²) in [6, 6.07) is 17.6. The summed E-state index contributed by atoms with van der Waals surface area (Å²) in [5, 5.41) is 8.99. The average molecular weight is 492 g/mol. The van der Waals surface area contributed by atoms with Crippen molar-refractivity contribution >= 4 is 17.6 Å². The molecule has 0 radical (unpaired) electrons. The Kier molecular flexibility index (Phi) is 8.16. The van der Waals surface area contributed by atoms with E-state index in [2.05, 4.69) is 17.9 Å². The smallest absolute Gasteiger partial charge is 0.309 e. The number of aliphatic carboxylic acids is 1. The first kappa shape index (κ1) is 25.6. The standard InChI is InChI=1S/C30H31F2NO3/c1-20-5-6-23(12-21(20)2)13-24(25-14-27(31)16-28(32)15-25)4-3-11-36-29-9-7-22(8-10-29)17-33-18-26(19-33)30(34)35/h5-10,12-16,26H,3-4,11,17-19H2,1-2H3,(H,34,35)/b24-13-. The first-order valence-electron chi connectivity index (χ1n) is 12.2. The van der Waals surface area contributed by atoms with Gasteiger partial charge in [-0.05, 0) is 84.3 Å². The molecule has 1 saturated heterocycles. The molecule has 1 fully saturated rings. The van der Waals surface area contributed by atoms with Gasteiger partial charge in [0.1, 0.15) is 17.4 Å². The molecule has 36 heavy (non-hydrogen) atoms. The van der Waals surface area contributed by atoms with Crippen LogP contribution in [0.15, 0.2) is 60.7 Å². The zero-order valence-electron chi connectivity index (χ0n) is 20.6. The molecule has 0 aromatic heterocycles. The van der Waals surface area contributed by atoms with Crippen LogP contribution in [-0.4, -0.2) is 35.7 Å². The van der Waals surface area contributed by atoms with E-state index in [1.165, 1.54) is 17.7 Å². The Morgan fingerprint density at radius 1 is 1.00 bits per heavy atom. The molecule has 3 aromatic carbocycles. The largest absolute Gasteiger partial charge is 0.494 e. The molecule has 0 spiro atoms. The second-order valence-corrected chi connectivity index (χ2v) is 9.50. The summed E-state index contributed by atoms with van der Waals surface area (Å²) in [6.07, 6.45) is 3.27. The Balaban J connectivity index is 1.35. The van der Waals surface area contributed by atoms with Gasteiger partial charge in [-0.25, -0.2) is 8.78 Å². The minimum absolute atomic E-state index is 0.259. The first-order valence-corrected chi connectivity index (χ1v) is 12.2. The van der Waals surface area contributed by atoms with Crippen LogP contribution in [0, 0.1) is 31.4 Å². The van der Waals surface area contributed by atoms with E-state index in [1.807, 2.05) is 49.4 Å². The van der Waals surface area contributed by atoms with Crippen molar-refractivity contribution in [3.63, 3.8) is 0 Å². The molecule has 6 heteroatoms. The fraction of sp³-hybridized carbons (Fsp3) is 0.300. The Labute approximate surface area is 210 Å². The van der Waals surface area contributed by atoms with Crippen molar-refractivity contribution < 1.29 is 23.4 Å².